The van der Waals surface area contributed by atoms with Crippen molar-refractivity contribution >= 4 is 0 Å². The van der Waals surface area contributed by atoms with Gasteiger partial charge in [0.25, 0.3) is 0 Å². The molecular weight excluding hydrogens is 342 g/mol. The Morgan fingerprint density at radius 2 is 0.750 bits per heavy atom. The van der Waals surface area contributed by atoms with Crippen LogP contribution in [-0.2, 0) is 0 Å². The number of unbranched alkanes of at least 4 members (excludes halogenated alkanes) is 18. The second-order valence-corrected chi connectivity index (χ2v) is 9.21. The van der Waals surface area contributed by atoms with Gasteiger partial charge in [-0.05, 0) is 12.8 Å². The van der Waals surface area contributed by atoms with Crippen molar-refractivity contribution in [3.63, 3.8) is 0 Å². The molecular formula is C26H55NO. The topological polar surface area (TPSA) is 39.7 Å². The van der Waals surface area contributed by atoms with Crippen molar-refractivity contribution in [3.8, 4) is 0 Å². The lowest BCUT2D eigenvalue weighted by Crippen LogP contribution is -2.78. The van der Waals surface area contributed by atoms with Crippen molar-refractivity contribution in [1.82, 2.24) is 0 Å². The van der Waals surface area contributed by atoms with E-state index < -0.39 is 0 Å². The highest BCUT2D eigenvalue weighted by Crippen LogP contribution is 2.19. The molecule has 2 N–H and O–H groups in total. The van der Waals surface area contributed by atoms with E-state index in [0.29, 0.717) is 5.92 Å². The molecule has 0 aliphatic carbocycles. The van der Waals surface area contributed by atoms with Crippen LogP contribution in [0.5, 0.6) is 0 Å². The molecule has 0 rings (SSSR count). The van der Waals surface area contributed by atoms with E-state index >= 15 is 0 Å². The molecule has 0 amide bonds. The van der Waals surface area contributed by atoms with Crippen molar-refractivity contribution in [3.05, 3.63) is 5.21 Å². The van der Waals surface area contributed by atoms with Crippen LogP contribution in [-0.4, -0.2) is 6.54 Å². The average molecular weight is 398 g/mol. The Kier molecular flexibility index (Phi) is 24.9. The third-order valence-corrected chi connectivity index (χ3v) is 6.36. The Balaban J connectivity index is 3.41. The van der Waals surface area contributed by atoms with E-state index in [1.165, 1.54) is 141 Å². The molecule has 0 aliphatic rings. The highest BCUT2D eigenvalue weighted by atomic mass is 16.5. The van der Waals surface area contributed by atoms with Crippen LogP contribution in [0.3, 0.4) is 0 Å². The van der Waals surface area contributed by atoms with Gasteiger partial charge in [-0.2, -0.15) is 0 Å². The number of hydroxylamine groups is 1. The number of nitrogens with two attached hydrogens (primary N) is 1. The first kappa shape index (κ1) is 27.9. The summed E-state index contributed by atoms with van der Waals surface area (Å²) in [6, 6.07) is 0. The maximum Gasteiger partial charge on any atom is 0.0781 e. The maximum atomic E-state index is 11.0. The summed E-state index contributed by atoms with van der Waals surface area (Å²) in [5, 5.41) is 11.0. The first-order valence-corrected chi connectivity index (χ1v) is 13.3. The Morgan fingerprint density at radius 3 is 1.04 bits per heavy atom. The van der Waals surface area contributed by atoms with Crippen LogP contribution in [0.15, 0.2) is 0 Å². The number of hydrogen-bond donors (Lipinski definition) is 1. The van der Waals surface area contributed by atoms with Gasteiger partial charge in [0, 0.05) is 5.92 Å². The van der Waals surface area contributed by atoms with Gasteiger partial charge in [0.15, 0.2) is 0 Å². The molecule has 0 atom stereocenters. The lowest BCUT2D eigenvalue weighted by molar-refractivity contribution is -0.595. The molecule has 0 saturated carbocycles. The molecule has 0 radical (unpaired) electrons. The van der Waals surface area contributed by atoms with Crippen LogP contribution in [0, 0.1) is 11.1 Å². The van der Waals surface area contributed by atoms with Crippen LogP contribution in [0.1, 0.15) is 155 Å². The van der Waals surface area contributed by atoms with Crippen LogP contribution in [0.4, 0.5) is 0 Å². The van der Waals surface area contributed by atoms with Crippen molar-refractivity contribution in [2.45, 2.75) is 155 Å². The van der Waals surface area contributed by atoms with Gasteiger partial charge in [-0.1, -0.05) is 142 Å². The van der Waals surface area contributed by atoms with E-state index in [4.69, 9.17) is 0 Å². The monoisotopic (exact) mass is 397 g/mol. The Morgan fingerprint density at radius 1 is 0.464 bits per heavy atom. The molecule has 0 aliphatic heterocycles. The fourth-order valence-electron chi connectivity index (χ4n) is 4.36. The molecule has 2 heteroatoms. The van der Waals surface area contributed by atoms with Crippen molar-refractivity contribution < 1.29 is 5.48 Å². The quantitative estimate of drug-likeness (QED) is 0.129. The summed E-state index contributed by atoms with van der Waals surface area (Å²) in [4.78, 5) is 0. The van der Waals surface area contributed by atoms with Crippen molar-refractivity contribution in [1.29, 1.82) is 0 Å². The van der Waals surface area contributed by atoms with E-state index in [1.807, 2.05) is 0 Å². The summed E-state index contributed by atoms with van der Waals surface area (Å²) < 4.78 is 0. The largest absolute Gasteiger partial charge is 0.636 e. The molecule has 2 nitrogen and oxygen atoms in total. The molecule has 0 spiro atoms. The fourth-order valence-corrected chi connectivity index (χ4v) is 4.36. The molecule has 0 unspecified atom stereocenters. The van der Waals surface area contributed by atoms with E-state index in [1.54, 1.807) is 0 Å². The first-order valence-electron chi connectivity index (χ1n) is 13.3. The Hall–Kier alpha value is -0.0800. The number of hydrogen-bond acceptors (Lipinski definition) is 1. The molecule has 0 saturated heterocycles. The fraction of sp³-hybridized carbons (Fsp3) is 1.00. The minimum absolute atomic E-state index is 0.667. The smallest absolute Gasteiger partial charge is 0.0781 e. The second-order valence-electron chi connectivity index (χ2n) is 9.21. The number of quaternary nitrogens is 1. The molecule has 0 bridgehead atoms. The van der Waals surface area contributed by atoms with Crippen LogP contribution in [0.25, 0.3) is 0 Å². The highest BCUT2D eigenvalue weighted by Gasteiger charge is 2.09. The lowest BCUT2D eigenvalue weighted by atomic mass is 9.94. The van der Waals surface area contributed by atoms with E-state index in [9.17, 15) is 5.21 Å². The predicted molar refractivity (Wildman–Crippen MR) is 127 cm³/mol. The summed E-state index contributed by atoms with van der Waals surface area (Å²) >= 11 is 0. The van der Waals surface area contributed by atoms with Gasteiger partial charge in [-0.25, -0.2) is 0 Å². The van der Waals surface area contributed by atoms with Crippen LogP contribution in [0.2, 0.25) is 0 Å². The highest BCUT2D eigenvalue weighted by molar-refractivity contribution is 4.59. The number of rotatable bonds is 24. The zero-order valence-corrected chi connectivity index (χ0v) is 19.8. The summed E-state index contributed by atoms with van der Waals surface area (Å²) in [6.07, 6.45) is 30.7. The summed E-state index contributed by atoms with van der Waals surface area (Å²) in [7, 11) is 0. The van der Waals surface area contributed by atoms with Gasteiger partial charge in [0.2, 0.25) is 0 Å². The summed E-state index contributed by atoms with van der Waals surface area (Å²) in [5.41, 5.74) is 1.16. The Labute approximate surface area is 178 Å². The van der Waals surface area contributed by atoms with Crippen molar-refractivity contribution in [2.75, 3.05) is 6.54 Å². The predicted octanol–water partition coefficient (Wildman–Crippen LogP) is 8.29. The van der Waals surface area contributed by atoms with Gasteiger partial charge in [0.05, 0.1) is 6.54 Å². The molecule has 0 heterocycles. The third-order valence-electron chi connectivity index (χ3n) is 6.36. The molecule has 0 aromatic heterocycles. The van der Waals surface area contributed by atoms with Crippen LogP contribution >= 0.6 is 0 Å². The summed E-state index contributed by atoms with van der Waals surface area (Å²) in [5.74, 6) is 0.667. The van der Waals surface area contributed by atoms with Gasteiger partial charge < -0.3 is 10.7 Å². The second kappa shape index (κ2) is 25.0. The normalized spacial score (nSPS) is 11.6. The van der Waals surface area contributed by atoms with Gasteiger partial charge in [0.1, 0.15) is 0 Å². The molecule has 0 aromatic carbocycles. The molecule has 28 heavy (non-hydrogen) atoms. The first-order chi connectivity index (χ1) is 13.8. The lowest BCUT2D eigenvalue weighted by Gasteiger charge is -2.16. The molecule has 170 valence electrons. The van der Waals surface area contributed by atoms with Crippen molar-refractivity contribution in [2.24, 2.45) is 5.92 Å². The van der Waals surface area contributed by atoms with Gasteiger partial charge in [-0.15, -0.1) is 0 Å². The van der Waals surface area contributed by atoms with E-state index in [0.717, 1.165) is 12.0 Å². The molecule has 0 fully saturated rings. The minimum atomic E-state index is 0.667. The standard InChI is InChI=1S/C26H55NO/c1-3-5-7-9-11-13-15-17-19-21-23-26(25-27-28)24-22-20-18-16-14-12-10-8-6-4-2/h26H,3-25,27H2,1-2H3. The zero-order chi connectivity index (χ0) is 20.5. The average Bonchev–Trinajstić information content (AvgIpc) is 2.70. The Bertz CT molecular complexity index is 245. The van der Waals surface area contributed by atoms with Gasteiger partial charge >= 0.3 is 0 Å². The third kappa shape index (κ3) is 22.2. The maximum absolute atomic E-state index is 11.0. The zero-order valence-electron chi connectivity index (χ0n) is 19.8. The minimum Gasteiger partial charge on any atom is -0.636 e. The van der Waals surface area contributed by atoms with E-state index in [-0.39, 0.29) is 0 Å². The van der Waals surface area contributed by atoms with Gasteiger partial charge in [-0.3, -0.25) is 0 Å². The van der Waals surface area contributed by atoms with Crippen LogP contribution < -0.4 is 5.48 Å². The van der Waals surface area contributed by atoms with E-state index in [2.05, 4.69) is 13.8 Å². The SMILES string of the molecule is CCCCCCCCCCCCC(CCCCCCCCCCCC)C[NH2+][O-]. The molecule has 0 aromatic rings. The summed E-state index contributed by atoms with van der Waals surface area (Å²) in [6.45, 7) is 5.37.